The number of imidazole rings is 1. The van der Waals surface area contributed by atoms with E-state index in [0.29, 0.717) is 10.3 Å². The Morgan fingerprint density at radius 1 is 1.53 bits per heavy atom. The van der Waals surface area contributed by atoms with Gasteiger partial charge in [-0.05, 0) is 30.8 Å². The van der Waals surface area contributed by atoms with Gasteiger partial charge in [-0.3, -0.25) is 0 Å². The highest BCUT2D eigenvalue weighted by molar-refractivity contribution is 7.71. The lowest BCUT2D eigenvalue weighted by Crippen LogP contribution is -1.96. The first kappa shape index (κ1) is 10.1. The van der Waals surface area contributed by atoms with E-state index in [1.165, 1.54) is 6.07 Å². The maximum Gasteiger partial charge on any atom is 0.178 e. The second kappa shape index (κ2) is 3.98. The van der Waals surface area contributed by atoms with Crippen LogP contribution in [0.1, 0.15) is 6.42 Å². The quantitative estimate of drug-likeness (QED) is 0.623. The molecule has 0 saturated carbocycles. The molecule has 0 atom stereocenters. The number of nitrogens with one attached hydrogen (secondary N) is 1. The van der Waals surface area contributed by atoms with Crippen molar-refractivity contribution >= 4 is 23.3 Å². The summed E-state index contributed by atoms with van der Waals surface area (Å²) in [5, 5.41) is 0. The van der Waals surface area contributed by atoms with Gasteiger partial charge in [0.05, 0.1) is 5.52 Å². The molecule has 15 heavy (non-hydrogen) atoms. The number of aromatic amines is 1. The van der Waals surface area contributed by atoms with Gasteiger partial charge in [0.1, 0.15) is 11.3 Å². The zero-order valence-electron chi connectivity index (χ0n) is 8.16. The van der Waals surface area contributed by atoms with E-state index in [0.717, 1.165) is 18.5 Å². The van der Waals surface area contributed by atoms with E-state index in [1.807, 2.05) is 16.7 Å². The minimum Gasteiger partial charge on any atom is -0.328 e. The van der Waals surface area contributed by atoms with Crippen molar-refractivity contribution < 1.29 is 4.39 Å². The van der Waals surface area contributed by atoms with Gasteiger partial charge in [0.15, 0.2) is 4.77 Å². The fraction of sp³-hybridized carbons (Fsp3) is 0.182. The molecule has 1 aromatic carbocycles. The summed E-state index contributed by atoms with van der Waals surface area (Å²) in [4.78, 5) is 2.87. The zero-order valence-corrected chi connectivity index (χ0v) is 8.98. The fourth-order valence-corrected chi connectivity index (χ4v) is 1.88. The first-order valence-electron chi connectivity index (χ1n) is 4.72. The van der Waals surface area contributed by atoms with Crippen LogP contribution in [0.2, 0.25) is 0 Å². The first-order valence-corrected chi connectivity index (χ1v) is 5.13. The second-order valence-corrected chi connectivity index (χ2v) is 3.68. The summed E-state index contributed by atoms with van der Waals surface area (Å²) in [7, 11) is 0. The van der Waals surface area contributed by atoms with E-state index in [9.17, 15) is 4.39 Å². The molecule has 1 heterocycles. The molecular formula is C11H11FN2S. The predicted octanol–water partition coefficient (Wildman–Crippen LogP) is 3.41. The summed E-state index contributed by atoms with van der Waals surface area (Å²) in [5.74, 6) is -0.268. The molecule has 2 rings (SSSR count). The maximum atomic E-state index is 13.4. The second-order valence-electron chi connectivity index (χ2n) is 3.29. The lowest BCUT2D eigenvalue weighted by Gasteiger charge is -2.01. The monoisotopic (exact) mass is 222 g/mol. The zero-order chi connectivity index (χ0) is 10.8. The van der Waals surface area contributed by atoms with E-state index in [2.05, 4.69) is 11.6 Å². The van der Waals surface area contributed by atoms with Crippen LogP contribution in [-0.2, 0) is 6.54 Å². The molecule has 0 aliphatic rings. The van der Waals surface area contributed by atoms with Gasteiger partial charge in [-0.2, -0.15) is 0 Å². The first-order chi connectivity index (χ1) is 7.24. The standard InChI is InChI=1S/C11H11FN2S/c1-2-3-7-14-9-6-4-5-8(12)10(9)13-11(14)15/h2,4-6H,1,3,7H2,(H,13,15). The molecule has 0 radical (unpaired) electrons. The topological polar surface area (TPSA) is 20.7 Å². The highest BCUT2D eigenvalue weighted by atomic mass is 32.1. The summed E-state index contributed by atoms with van der Waals surface area (Å²) in [6.45, 7) is 4.38. The van der Waals surface area contributed by atoms with Crippen LogP contribution in [0.3, 0.4) is 0 Å². The SMILES string of the molecule is C=CCCn1c(=S)[nH]c2c(F)cccc21. The average Bonchev–Trinajstić information content (AvgIpc) is 2.54. The third-order valence-electron chi connectivity index (χ3n) is 2.32. The molecule has 0 saturated heterocycles. The third kappa shape index (κ3) is 1.72. The number of aromatic nitrogens is 2. The van der Waals surface area contributed by atoms with Crippen molar-refractivity contribution in [2.24, 2.45) is 0 Å². The summed E-state index contributed by atoms with van der Waals surface area (Å²) >= 11 is 5.13. The van der Waals surface area contributed by atoms with Gasteiger partial charge < -0.3 is 9.55 Å². The number of halogens is 1. The van der Waals surface area contributed by atoms with Crippen molar-refractivity contribution in [3.63, 3.8) is 0 Å². The van der Waals surface area contributed by atoms with Gasteiger partial charge in [0.2, 0.25) is 0 Å². The largest absolute Gasteiger partial charge is 0.328 e. The number of nitrogens with zero attached hydrogens (tertiary/aromatic N) is 1. The Kier molecular flexibility index (Phi) is 2.68. The van der Waals surface area contributed by atoms with Crippen LogP contribution in [0.15, 0.2) is 30.9 Å². The predicted molar refractivity (Wildman–Crippen MR) is 61.9 cm³/mol. The molecule has 0 aliphatic carbocycles. The van der Waals surface area contributed by atoms with E-state index in [-0.39, 0.29) is 5.82 Å². The van der Waals surface area contributed by atoms with E-state index >= 15 is 0 Å². The number of rotatable bonds is 3. The average molecular weight is 222 g/mol. The number of hydrogen-bond acceptors (Lipinski definition) is 1. The molecule has 1 aromatic heterocycles. The van der Waals surface area contributed by atoms with Crippen molar-refractivity contribution in [2.45, 2.75) is 13.0 Å². The molecule has 0 unspecified atom stereocenters. The normalized spacial score (nSPS) is 10.7. The molecule has 0 amide bonds. The van der Waals surface area contributed by atoms with Crippen LogP contribution < -0.4 is 0 Å². The molecule has 0 bridgehead atoms. The number of para-hydroxylation sites is 1. The van der Waals surface area contributed by atoms with Crippen LogP contribution in [0.5, 0.6) is 0 Å². The van der Waals surface area contributed by atoms with Crippen LogP contribution in [-0.4, -0.2) is 9.55 Å². The van der Waals surface area contributed by atoms with Crippen LogP contribution in [0.4, 0.5) is 4.39 Å². The Balaban J connectivity index is 2.63. The summed E-state index contributed by atoms with van der Waals surface area (Å²) < 4.78 is 15.8. The van der Waals surface area contributed by atoms with E-state index < -0.39 is 0 Å². The number of allylic oxidation sites excluding steroid dienone is 1. The van der Waals surface area contributed by atoms with Crippen molar-refractivity contribution in [3.8, 4) is 0 Å². The Morgan fingerprint density at radius 3 is 3.07 bits per heavy atom. The summed E-state index contributed by atoms with van der Waals surface area (Å²) in [5.41, 5.74) is 1.29. The number of aryl methyl sites for hydroxylation is 1. The lowest BCUT2D eigenvalue weighted by molar-refractivity contribution is 0.637. The Labute approximate surface area is 92.0 Å². The molecule has 2 nitrogen and oxygen atoms in total. The molecular weight excluding hydrogens is 211 g/mol. The minimum atomic E-state index is -0.268. The van der Waals surface area contributed by atoms with Gasteiger partial charge in [0.25, 0.3) is 0 Å². The van der Waals surface area contributed by atoms with Crippen LogP contribution in [0, 0.1) is 10.6 Å². The van der Waals surface area contributed by atoms with Gasteiger partial charge in [-0.15, -0.1) is 6.58 Å². The Hall–Kier alpha value is -1.42. The van der Waals surface area contributed by atoms with Gasteiger partial charge in [0, 0.05) is 6.54 Å². The highest BCUT2D eigenvalue weighted by Gasteiger charge is 2.06. The number of fused-ring (bicyclic) bond motifs is 1. The Bertz CT molecular complexity index is 553. The van der Waals surface area contributed by atoms with Crippen molar-refractivity contribution in [1.82, 2.24) is 9.55 Å². The molecule has 0 spiro atoms. The molecule has 2 aromatic rings. The molecule has 0 aliphatic heterocycles. The maximum absolute atomic E-state index is 13.4. The number of H-pyrrole nitrogens is 1. The van der Waals surface area contributed by atoms with Crippen LogP contribution >= 0.6 is 12.2 Å². The van der Waals surface area contributed by atoms with Gasteiger partial charge in [-0.1, -0.05) is 12.1 Å². The molecule has 78 valence electrons. The molecule has 0 fully saturated rings. The van der Waals surface area contributed by atoms with Crippen molar-refractivity contribution in [1.29, 1.82) is 0 Å². The summed E-state index contributed by atoms with van der Waals surface area (Å²) in [6.07, 6.45) is 2.64. The summed E-state index contributed by atoms with van der Waals surface area (Å²) in [6, 6.07) is 4.96. The fourth-order valence-electron chi connectivity index (χ4n) is 1.59. The van der Waals surface area contributed by atoms with E-state index in [1.54, 1.807) is 6.07 Å². The van der Waals surface area contributed by atoms with Gasteiger partial charge >= 0.3 is 0 Å². The van der Waals surface area contributed by atoms with Crippen molar-refractivity contribution in [3.05, 3.63) is 41.4 Å². The smallest absolute Gasteiger partial charge is 0.178 e. The van der Waals surface area contributed by atoms with Crippen LogP contribution in [0.25, 0.3) is 11.0 Å². The van der Waals surface area contributed by atoms with E-state index in [4.69, 9.17) is 12.2 Å². The molecule has 1 N–H and O–H groups in total. The van der Waals surface area contributed by atoms with Gasteiger partial charge in [-0.25, -0.2) is 4.39 Å². The number of benzene rings is 1. The molecule has 4 heteroatoms. The highest BCUT2D eigenvalue weighted by Crippen LogP contribution is 2.17. The third-order valence-corrected chi connectivity index (χ3v) is 2.64. The number of hydrogen-bond donors (Lipinski definition) is 1. The van der Waals surface area contributed by atoms with Crippen molar-refractivity contribution in [2.75, 3.05) is 0 Å². The minimum absolute atomic E-state index is 0.268. The lowest BCUT2D eigenvalue weighted by atomic mass is 10.3. The Morgan fingerprint density at radius 2 is 2.33 bits per heavy atom.